The minimum atomic E-state index is -1.56. The van der Waals surface area contributed by atoms with Crippen molar-refractivity contribution in [2.24, 2.45) is 5.73 Å². The van der Waals surface area contributed by atoms with Crippen LogP contribution in [-0.4, -0.2) is 32.9 Å². The summed E-state index contributed by atoms with van der Waals surface area (Å²) in [5.74, 6) is -1.24. The predicted octanol–water partition coefficient (Wildman–Crippen LogP) is 2.86. The number of hydrogen-bond donors (Lipinski definition) is 3. The van der Waals surface area contributed by atoms with Crippen molar-refractivity contribution in [2.75, 3.05) is 0 Å². The first kappa shape index (κ1) is 17.3. The number of aliphatic hydroxyl groups excluding tert-OH is 1. The standard InChI is InChI=1S/C20H19BrN2O3/c21-12-6-7-16-14(8-12)15-9-13(22)10-17(15)23(16)18(19(24)20(25)26)11-4-2-1-3-5-11/h1-8,13,18-19,24H,9-10,22H2,(H,25,26)/t13?,18-,19+/m1/s1. The Bertz CT molecular complexity index is 984. The quantitative estimate of drug-likeness (QED) is 0.612. The maximum Gasteiger partial charge on any atom is 0.335 e. The third-order valence-corrected chi connectivity index (χ3v) is 5.57. The Morgan fingerprint density at radius 1 is 1.19 bits per heavy atom. The van der Waals surface area contributed by atoms with Crippen molar-refractivity contribution in [2.45, 2.75) is 31.0 Å². The van der Waals surface area contributed by atoms with Gasteiger partial charge in [-0.25, -0.2) is 4.79 Å². The van der Waals surface area contributed by atoms with E-state index in [0.29, 0.717) is 6.42 Å². The van der Waals surface area contributed by atoms with E-state index in [0.717, 1.165) is 38.6 Å². The van der Waals surface area contributed by atoms with E-state index in [4.69, 9.17) is 5.73 Å². The number of carboxylic acid groups (broad SMARTS) is 1. The summed E-state index contributed by atoms with van der Waals surface area (Å²) in [7, 11) is 0. The number of carbonyl (C=O) groups is 1. The van der Waals surface area contributed by atoms with Crippen LogP contribution in [0.5, 0.6) is 0 Å². The Morgan fingerprint density at radius 3 is 2.62 bits per heavy atom. The van der Waals surface area contributed by atoms with Crippen molar-refractivity contribution >= 4 is 32.8 Å². The van der Waals surface area contributed by atoms with Gasteiger partial charge in [-0.2, -0.15) is 0 Å². The van der Waals surface area contributed by atoms with Crippen molar-refractivity contribution in [3.8, 4) is 0 Å². The zero-order valence-corrected chi connectivity index (χ0v) is 15.6. The van der Waals surface area contributed by atoms with E-state index in [-0.39, 0.29) is 6.04 Å². The molecule has 0 aliphatic heterocycles. The zero-order chi connectivity index (χ0) is 18.4. The Balaban J connectivity index is 2.01. The Kier molecular flexibility index (Phi) is 4.34. The molecule has 1 aliphatic rings. The first-order valence-electron chi connectivity index (χ1n) is 8.50. The van der Waals surface area contributed by atoms with E-state index in [1.54, 1.807) is 0 Å². The van der Waals surface area contributed by atoms with Gasteiger partial charge in [-0.1, -0.05) is 46.3 Å². The number of nitrogens with two attached hydrogens (primary N) is 1. The molecule has 1 aromatic heterocycles. The molecule has 26 heavy (non-hydrogen) atoms. The number of benzene rings is 2. The highest BCUT2D eigenvalue weighted by Crippen LogP contribution is 2.39. The van der Waals surface area contributed by atoms with E-state index in [1.165, 1.54) is 0 Å². The second-order valence-corrected chi connectivity index (χ2v) is 7.68. The van der Waals surface area contributed by atoms with E-state index in [2.05, 4.69) is 15.9 Å². The topological polar surface area (TPSA) is 88.5 Å². The molecular formula is C20H19BrN2O3. The summed E-state index contributed by atoms with van der Waals surface area (Å²) in [6, 6.07) is 14.5. The van der Waals surface area contributed by atoms with Crippen LogP contribution in [0.1, 0.15) is 22.9 Å². The lowest BCUT2D eigenvalue weighted by Crippen LogP contribution is -2.33. The van der Waals surface area contributed by atoms with Crippen LogP contribution in [0.15, 0.2) is 53.0 Å². The van der Waals surface area contributed by atoms with Crippen molar-refractivity contribution in [1.29, 1.82) is 0 Å². The lowest BCUT2D eigenvalue weighted by molar-refractivity contribution is -0.148. The fourth-order valence-electron chi connectivity index (χ4n) is 4.01. The second kappa shape index (κ2) is 6.54. The van der Waals surface area contributed by atoms with Gasteiger partial charge in [0.1, 0.15) is 0 Å². The van der Waals surface area contributed by atoms with Gasteiger partial charge in [-0.15, -0.1) is 0 Å². The summed E-state index contributed by atoms with van der Waals surface area (Å²) in [6.07, 6.45) is -0.144. The molecule has 2 aromatic carbocycles. The van der Waals surface area contributed by atoms with Crippen molar-refractivity contribution in [3.05, 3.63) is 69.8 Å². The molecule has 1 heterocycles. The number of halogens is 1. The maximum atomic E-state index is 11.7. The molecule has 4 N–H and O–H groups in total. The highest BCUT2D eigenvalue weighted by molar-refractivity contribution is 9.10. The first-order chi connectivity index (χ1) is 12.5. The molecule has 4 rings (SSSR count). The molecule has 0 amide bonds. The fourth-order valence-corrected chi connectivity index (χ4v) is 4.37. The number of aliphatic hydroxyl groups is 1. The number of nitrogens with zero attached hydrogens (tertiary/aromatic N) is 1. The van der Waals surface area contributed by atoms with Crippen LogP contribution >= 0.6 is 15.9 Å². The molecular weight excluding hydrogens is 396 g/mol. The molecule has 1 unspecified atom stereocenters. The van der Waals surface area contributed by atoms with Gasteiger partial charge >= 0.3 is 5.97 Å². The average molecular weight is 415 g/mol. The smallest absolute Gasteiger partial charge is 0.335 e. The second-order valence-electron chi connectivity index (χ2n) is 6.76. The zero-order valence-electron chi connectivity index (χ0n) is 14.0. The highest BCUT2D eigenvalue weighted by atomic mass is 79.9. The van der Waals surface area contributed by atoms with E-state index >= 15 is 0 Å². The summed E-state index contributed by atoms with van der Waals surface area (Å²) in [4.78, 5) is 11.7. The molecule has 6 heteroatoms. The lowest BCUT2D eigenvalue weighted by Gasteiger charge is -2.26. The predicted molar refractivity (Wildman–Crippen MR) is 103 cm³/mol. The lowest BCUT2D eigenvalue weighted by atomic mass is 10.00. The maximum absolute atomic E-state index is 11.7. The summed E-state index contributed by atoms with van der Waals surface area (Å²) in [5, 5.41) is 21.2. The van der Waals surface area contributed by atoms with Crippen LogP contribution in [0.25, 0.3) is 10.9 Å². The Labute approximate surface area is 159 Å². The fraction of sp³-hybridized carbons (Fsp3) is 0.250. The highest BCUT2D eigenvalue weighted by Gasteiger charge is 2.35. The van der Waals surface area contributed by atoms with Gasteiger partial charge in [-0.3, -0.25) is 0 Å². The van der Waals surface area contributed by atoms with E-state index < -0.39 is 18.1 Å². The van der Waals surface area contributed by atoms with Crippen LogP contribution in [-0.2, 0) is 17.6 Å². The average Bonchev–Trinajstić information content (AvgIpc) is 3.12. The molecule has 0 radical (unpaired) electrons. The Morgan fingerprint density at radius 2 is 1.92 bits per heavy atom. The monoisotopic (exact) mass is 414 g/mol. The third-order valence-electron chi connectivity index (χ3n) is 5.08. The van der Waals surface area contributed by atoms with Gasteiger partial charge in [0, 0.05) is 33.5 Å². The van der Waals surface area contributed by atoms with Crippen LogP contribution in [0.3, 0.4) is 0 Å². The largest absolute Gasteiger partial charge is 0.479 e. The molecule has 3 atom stereocenters. The Hall–Kier alpha value is -2.15. The molecule has 3 aromatic rings. The van der Waals surface area contributed by atoms with E-state index in [9.17, 15) is 15.0 Å². The summed E-state index contributed by atoms with van der Waals surface area (Å²) >= 11 is 3.52. The van der Waals surface area contributed by atoms with Crippen molar-refractivity contribution in [1.82, 2.24) is 4.57 Å². The number of hydrogen-bond acceptors (Lipinski definition) is 3. The van der Waals surface area contributed by atoms with Gasteiger partial charge in [0.2, 0.25) is 0 Å². The minimum Gasteiger partial charge on any atom is -0.479 e. The molecule has 0 fully saturated rings. The summed E-state index contributed by atoms with van der Waals surface area (Å²) in [5.41, 5.74) is 10.0. The number of rotatable bonds is 4. The molecule has 1 aliphatic carbocycles. The SMILES string of the molecule is NC1Cc2c(n([C@H](c3ccccc3)[C@H](O)C(=O)O)c3ccc(Br)cc23)C1. The first-order valence-corrected chi connectivity index (χ1v) is 9.29. The molecule has 5 nitrogen and oxygen atoms in total. The molecule has 134 valence electrons. The molecule has 0 spiro atoms. The molecule has 0 saturated carbocycles. The van der Waals surface area contributed by atoms with E-state index in [1.807, 2.05) is 53.1 Å². The molecule has 0 saturated heterocycles. The van der Waals surface area contributed by atoms with Gasteiger partial charge in [0.15, 0.2) is 6.10 Å². The number of aromatic nitrogens is 1. The van der Waals surface area contributed by atoms with Crippen molar-refractivity contribution in [3.63, 3.8) is 0 Å². The minimum absolute atomic E-state index is 0.00743. The van der Waals surface area contributed by atoms with Crippen LogP contribution in [0.2, 0.25) is 0 Å². The molecule has 0 bridgehead atoms. The van der Waals surface area contributed by atoms with Gasteiger partial charge in [-0.05, 0) is 35.7 Å². The number of carboxylic acids is 1. The van der Waals surface area contributed by atoms with Crippen LogP contribution < -0.4 is 5.73 Å². The normalized spacial score (nSPS) is 18.7. The van der Waals surface area contributed by atoms with Crippen LogP contribution in [0.4, 0.5) is 0 Å². The van der Waals surface area contributed by atoms with Gasteiger partial charge < -0.3 is 20.5 Å². The summed E-state index contributed by atoms with van der Waals surface area (Å²) < 4.78 is 2.93. The third kappa shape index (κ3) is 2.74. The number of aliphatic carboxylic acids is 1. The summed E-state index contributed by atoms with van der Waals surface area (Å²) in [6.45, 7) is 0. The van der Waals surface area contributed by atoms with Crippen molar-refractivity contribution < 1.29 is 15.0 Å². The van der Waals surface area contributed by atoms with Crippen LogP contribution in [0, 0.1) is 0 Å². The van der Waals surface area contributed by atoms with Gasteiger partial charge in [0.25, 0.3) is 0 Å². The van der Waals surface area contributed by atoms with Gasteiger partial charge in [0.05, 0.1) is 6.04 Å². The number of fused-ring (bicyclic) bond motifs is 3.